The second-order valence-electron chi connectivity index (χ2n) is 4.01. The molecule has 0 aliphatic rings. The van der Waals surface area contributed by atoms with E-state index in [4.69, 9.17) is 15.7 Å². The molecule has 0 spiro atoms. The molecule has 2 atom stereocenters. The molecule has 4 heteroatoms. The molecule has 0 aliphatic carbocycles. The van der Waals surface area contributed by atoms with E-state index in [1.165, 1.54) is 7.11 Å². The first kappa shape index (κ1) is 13.2. The van der Waals surface area contributed by atoms with Gasteiger partial charge in [0.05, 0.1) is 24.7 Å². The van der Waals surface area contributed by atoms with Crippen LogP contribution >= 0.6 is 0 Å². The van der Waals surface area contributed by atoms with Gasteiger partial charge in [0.15, 0.2) is 0 Å². The topological polar surface area (TPSA) is 76.1 Å². The van der Waals surface area contributed by atoms with Crippen LogP contribution in [0.4, 0.5) is 0 Å². The molecule has 0 saturated carbocycles. The van der Waals surface area contributed by atoms with Gasteiger partial charge in [0, 0.05) is 6.04 Å². The minimum atomic E-state index is -0.381. The number of hydrogen-bond donors (Lipinski definition) is 1. The van der Waals surface area contributed by atoms with Crippen LogP contribution in [0, 0.1) is 17.2 Å². The normalized spacial score (nSPS) is 13.5. The van der Waals surface area contributed by atoms with Gasteiger partial charge in [-0.15, -0.1) is 0 Å². The van der Waals surface area contributed by atoms with E-state index in [-0.39, 0.29) is 17.9 Å². The molecule has 0 radical (unpaired) electrons. The number of nitrogens with two attached hydrogens (primary N) is 1. The van der Waals surface area contributed by atoms with Gasteiger partial charge in [-0.05, 0) is 31.0 Å². The largest absolute Gasteiger partial charge is 0.469 e. The highest BCUT2D eigenvalue weighted by Gasteiger charge is 2.23. The van der Waals surface area contributed by atoms with E-state index in [1.807, 2.05) is 6.07 Å². The van der Waals surface area contributed by atoms with Crippen LogP contribution in [0.1, 0.15) is 18.1 Å². The lowest BCUT2D eigenvalue weighted by molar-refractivity contribution is -0.146. The second-order valence-corrected chi connectivity index (χ2v) is 4.01. The van der Waals surface area contributed by atoms with Gasteiger partial charge < -0.3 is 10.5 Å². The Balaban J connectivity index is 2.86. The van der Waals surface area contributed by atoms with E-state index < -0.39 is 0 Å². The van der Waals surface area contributed by atoms with Crippen LogP contribution in [0.2, 0.25) is 0 Å². The number of carbonyl (C=O) groups is 1. The molecule has 1 aromatic carbocycles. The van der Waals surface area contributed by atoms with Crippen molar-refractivity contribution in [2.24, 2.45) is 11.7 Å². The third-order valence-electron chi connectivity index (χ3n) is 2.65. The van der Waals surface area contributed by atoms with E-state index in [9.17, 15) is 4.79 Å². The molecular formula is C13H16N2O2. The molecule has 0 bridgehead atoms. The number of nitriles is 1. The molecule has 0 aliphatic heterocycles. The number of hydrogen-bond acceptors (Lipinski definition) is 4. The fourth-order valence-electron chi connectivity index (χ4n) is 1.66. The van der Waals surface area contributed by atoms with E-state index >= 15 is 0 Å². The number of benzene rings is 1. The zero-order chi connectivity index (χ0) is 12.8. The van der Waals surface area contributed by atoms with E-state index in [0.29, 0.717) is 12.0 Å². The van der Waals surface area contributed by atoms with E-state index in [2.05, 4.69) is 6.07 Å². The summed E-state index contributed by atoms with van der Waals surface area (Å²) >= 11 is 0. The molecule has 4 nitrogen and oxygen atoms in total. The summed E-state index contributed by atoms with van der Waals surface area (Å²) in [5.74, 6) is -0.698. The maximum Gasteiger partial charge on any atom is 0.310 e. The summed E-state index contributed by atoms with van der Waals surface area (Å²) < 4.78 is 4.72. The van der Waals surface area contributed by atoms with Crippen LogP contribution in [0.15, 0.2) is 24.3 Å². The molecule has 1 rings (SSSR count). The van der Waals surface area contributed by atoms with Crippen molar-refractivity contribution in [1.82, 2.24) is 0 Å². The van der Waals surface area contributed by atoms with Crippen molar-refractivity contribution in [1.29, 1.82) is 5.26 Å². The second kappa shape index (κ2) is 6.02. The van der Waals surface area contributed by atoms with Crippen LogP contribution in [0.5, 0.6) is 0 Å². The molecule has 17 heavy (non-hydrogen) atoms. The van der Waals surface area contributed by atoms with Crippen molar-refractivity contribution in [2.45, 2.75) is 19.4 Å². The smallest absolute Gasteiger partial charge is 0.310 e. The third kappa shape index (κ3) is 3.58. The Bertz CT molecular complexity index is 435. The summed E-state index contributed by atoms with van der Waals surface area (Å²) in [5.41, 5.74) is 7.26. The standard InChI is InChI=1S/C13H16N2O2/c1-9(15)12(13(16)17-2)7-10-4-3-5-11(6-10)8-14/h3-6,9,12H,7,15H2,1-2H3/t9?,12-/m1/s1. The van der Waals surface area contributed by atoms with Crippen LogP contribution in [-0.2, 0) is 16.0 Å². The summed E-state index contributed by atoms with van der Waals surface area (Å²) in [4.78, 5) is 11.5. The number of carbonyl (C=O) groups excluding carboxylic acids is 1. The number of methoxy groups -OCH3 is 1. The molecule has 90 valence electrons. The summed E-state index contributed by atoms with van der Waals surface area (Å²) in [7, 11) is 1.35. The van der Waals surface area contributed by atoms with Gasteiger partial charge in [0.25, 0.3) is 0 Å². The lowest BCUT2D eigenvalue weighted by Crippen LogP contribution is -2.35. The lowest BCUT2D eigenvalue weighted by atomic mass is 9.93. The zero-order valence-electron chi connectivity index (χ0n) is 10.0. The van der Waals surface area contributed by atoms with Crippen molar-refractivity contribution in [2.75, 3.05) is 7.11 Å². The summed E-state index contributed by atoms with van der Waals surface area (Å²) in [6.07, 6.45) is 0.486. The highest BCUT2D eigenvalue weighted by molar-refractivity contribution is 5.73. The lowest BCUT2D eigenvalue weighted by Gasteiger charge is -2.18. The molecule has 1 aromatic rings. The van der Waals surface area contributed by atoms with Gasteiger partial charge in [-0.3, -0.25) is 4.79 Å². The first-order valence-electron chi connectivity index (χ1n) is 5.41. The first-order chi connectivity index (χ1) is 8.08. The van der Waals surface area contributed by atoms with Crippen LogP contribution in [-0.4, -0.2) is 19.1 Å². The number of ether oxygens (including phenoxy) is 1. The van der Waals surface area contributed by atoms with Gasteiger partial charge in [-0.25, -0.2) is 0 Å². The Morgan fingerprint density at radius 2 is 2.29 bits per heavy atom. The predicted molar refractivity (Wildman–Crippen MR) is 64.0 cm³/mol. The highest BCUT2D eigenvalue weighted by Crippen LogP contribution is 2.14. The van der Waals surface area contributed by atoms with Crippen molar-refractivity contribution >= 4 is 5.97 Å². The van der Waals surface area contributed by atoms with Gasteiger partial charge in [0.2, 0.25) is 0 Å². The maximum atomic E-state index is 11.5. The average Bonchev–Trinajstić information content (AvgIpc) is 2.35. The minimum Gasteiger partial charge on any atom is -0.469 e. The third-order valence-corrected chi connectivity index (χ3v) is 2.65. The molecule has 0 saturated heterocycles. The molecule has 1 unspecified atom stereocenters. The average molecular weight is 232 g/mol. The number of nitrogens with zero attached hydrogens (tertiary/aromatic N) is 1. The molecular weight excluding hydrogens is 216 g/mol. The van der Waals surface area contributed by atoms with Crippen LogP contribution in [0.25, 0.3) is 0 Å². The molecule has 0 fully saturated rings. The minimum absolute atomic E-state index is 0.284. The first-order valence-corrected chi connectivity index (χ1v) is 5.41. The summed E-state index contributed by atoms with van der Waals surface area (Å²) in [5, 5.41) is 8.79. The van der Waals surface area contributed by atoms with E-state index in [1.54, 1.807) is 25.1 Å². The Labute approximate surface area is 101 Å². The predicted octanol–water partition coefficient (Wildman–Crippen LogP) is 1.24. The Hall–Kier alpha value is -1.86. The Morgan fingerprint density at radius 1 is 1.59 bits per heavy atom. The summed E-state index contributed by atoms with van der Waals surface area (Å²) in [6, 6.07) is 8.94. The molecule has 0 aromatic heterocycles. The molecule has 0 amide bonds. The van der Waals surface area contributed by atoms with Crippen molar-refractivity contribution in [3.63, 3.8) is 0 Å². The number of rotatable bonds is 4. The Kier molecular flexibility index (Phi) is 4.68. The van der Waals surface area contributed by atoms with Gasteiger partial charge in [-0.2, -0.15) is 5.26 Å². The fraction of sp³-hybridized carbons (Fsp3) is 0.385. The van der Waals surface area contributed by atoms with Crippen molar-refractivity contribution < 1.29 is 9.53 Å². The van der Waals surface area contributed by atoms with Crippen LogP contribution < -0.4 is 5.73 Å². The maximum absolute atomic E-state index is 11.5. The molecule has 2 N–H and O–H groups in total. The van der Waals surface area contributed by atoms with Crippen LogP contribution in [0.3, 0.4) is 0 Å². The zero-order valence-corrected chi connectivity index (χ0v) is 10.0. The SMILES string of the molecule is COC(=O)[C@H](Cc1cccc(C#N)c1)C(C)N. The summed E-state index contributed by atoms with van der Waals surface area (Å²) in [6.45, 7) is 1.77. The van der Waals surface area contributed by atoms with Crippen molar-refractivity contribution in [3.8, 4) is 6.07 Å². The van der Waals surface area contributed by atoms with Crippen molar-refractivity contribution in [3.05, 3.63) is 35.4 Å². The highest BCUT2D eigenvalue weighted by atomic mass is 16.5. The molecule has 0 heterocycles. The number of esters is 1. The van der Waals surface area contributed by atoms with Gasteiger partial charge in [0.1, 0.15) is 0 Å². The Morgan fingerprint density at radius 3 is 2.82 bits per heavy atom. The van der Waals surface area contributed by atoms with E-state index in [0.717, 1.165) is 5.56 Å². The quantitative estimate of drug-likeness (QED) is 0.792. The van der Waals surface area contributed by atoms with Gasteiger partial charge >= 0.3 is 5.97 Å². The monoisotopic (exact) mass is 232 g/mol. The fourth-order valence-corrected chi connectivity index (χ4v) is 1.66. The van der Waals surface area contributed by atoms with Gasteiger partial charge in [-0.1, -0.05) is 12.1 Å².